The fourth-order valence-electron chi connectivity index (χ4n) is 2.30. The van der Waals surface area contributed by atoms with Gasteiger partial charge in [0.05, 0.1) is 12.1 Å². The normalized spacial score (nSPS) is 18.5. The molecule has 4 heteroatoms. The molecule has 104 valence electrons. The third kappa shape index (κ3) is 4.05. The van der Waals surface area contributed by atoms with E-state index in [2.05, 4.69) is 21.2 Å². The molecule has 2 N–H and O–H groups in total. The standard InChI is InChI=1S/C15H20BrNO2/c1-10(17-14(18)9-11-3-2-4-11)15(19)12-5-7-13(16)8-6-12/h5-8,10-11,15,19H,2-4,9H2,1H3,(H,17,18). The topological polar surface area (TPSA) is 49.3 Å². The fraction of sp³-hybridized carbons (Fsp3) is 0.533. The van der Waals surface area contributed by atoms with Gasteiger partial charge in [-0.1, -0.05) is 34.5 Å². The lowest BCUT2D eigenvalue weighted by molar-refractivity contribution is -0.124. The summed E-state index contributed by atoms with van der Waals surface area (Å²) in [6.45, 7) is 1.84. The molecule has 1 aliphatic carbocycles. The summed E-state index contributed by atoms with van der Waals surface area (Å²) in [5.41, 5.74) is 0.819. The highest BCUT2D eigenvalue weighted by Gasteiger charge is 2.23. The van der Waals surface area contributed by atoms with E-state index in [1.807, 2.05) is 31.2 Å². The minimum absolute atomic E-state index is 0.0494. The fourth-order valence-corrected chi connectivity index (χ4v) is 2.56. The molecule has 3 nitrogen and oxygen atoms in total. The minimum Gasteiger partial charge on any atom is -0.386 e. The minimum atomic E-state index is -0.668. The molecule has 0 aromatic heterocycles. The van der Waals surface area contributed by atoms with Crippen LogP contribution in [0.4, 0.5) is 0 Å². The molecule has 1 saturated carbocycles. The Morgan fingerprint density at radius 3 is 2.58 bits per heavy atom. The van der Waals surface area contributed by atoms with Crippen LogP contribution in [0.15, 0.2) is 28.7 Å². The number of nitrogens with one attached hydrogen (secondary N) is 1. The van der Waals surface area contributed by atoms with Crippen LogP contribution in [0.5, 0.6) is 0 Å². The lowest BCUT2D eigenvalue weighted by Crippen LogP contribution is -2.38. The van der Waals surface area contributed by atoms with Gasteiger partial charge in [-0.25, -0.2) is 0 Å². The van der Waals surface area contributed by atoms with E-state index in [9.17, 15) is 9.90 Å². The predicted octanol–water partition coefficient (Wildman–Crippen LogP) is 3.18. The molecule has 0 radical (unpaired) electrons. The summed E-state index contributed by atoms with van der Waals surface area (Å²) in [4.78, 5) is 11.8. The Kier molecular flexibility index (Phi) is 4.99. The first-order chi connectivity index (χ1) is 9.06. The number of amides is 1. The molecule has 19 heavy (non-hydrogen) atoms. The van der Waals surface area contributed by atoms with Crippen molar-refractivity contribution in [3.63, 3.8) is 0 Å². The van der Waals surface area contributed by atoms with Gasteiger partial charge in [0, 0.05) is 10.9 Å². The predicted molar refractivity (Wildman–Crippen MR) is 78.7 cm³/mol. The second-order valence-corrected chi connectivity index (χ2v) is 6.27. The van der Waals surface area contributed by atoms with Gasteiger partial charge < -0.3 is 10.4 Å². The molecule has 2 atom stereocenters. The second-order valence-electron chi connectivity index (χ2n) is 5.35. The third-order valence-corrected chi connectivity index (χ3v) is 4.30. The first-order valence-corrected chi connectivity index (χ1v) is 7.58. The Morgan fingerprint density at radius 2 is 2.05 bits per heavy atom. The average Bonchev–Trinajstić information content (AvgIpc) is 2.34. The van der Waals surface area contributed by atoms with Crippen molar-refractivity contribution < 1.29 is 9.90 Å². The van der Waals surface area contributed by atoms with Crippen LogP contribution in [0.3, 0.4) is 0 Å². The van der Waals surface area contributed by atoms with E-state index in [0.29, 0.717) is 12.3 Å². The molecule has 0 bridgehead atoms. The molecular weight excluding hydrogens is 306 g/mol. The molecule has 1 aromatic carbocycles. The number of carbonyl (C=O) groups excluding carboxylic acids is 1. The Bertz CT molecular complexity index is 428. The van der Waals surface area contributed by atoms with E-state index in [4.69, 9.17) is 0 Å². The van der Waals surface area contributed by atoms with Crippen molar-refractivity contribution in [2.45, 2.75) is 44.8 Å². The first kappa shape index (κ1) is 14.5. The highest BCUT2D eigenvalue weighted by molar-refractivity contribution is 9.10. The van der Waals surface area contributed by atoms with Gasteiger partial charge in [-0.2, -0.15) is 0 Å². The number of hydrogen-bond donors (Lipinski definition) is 2. The maximum absolute atomic E-state index is 11.8. The van der Waals surface area contributed by atoms with Gasteiger partial charge in [-0.15, -0.1) is 0 Å². The van der Waals surface area contributed by atoms with Gasteiger partial charge in [0.2, 0.25) is 5.91 Å². The van der Waals surface area contributed by atoms with Crippen LogP contribution in [0.1, 0.15) is 44.3 Å². The van der Waals surface area contributed by atoms with Crippen molar-refractivity contribution in [2.75, 3.05) is 0 Å². The molecular formula is C15H20BrNO2. The summed E-state index contributed by atoms with van der Waals surface area (Å²) in [6.07, 6.45) is 3.50. The van der Waals surface area contributed by atoms with Crippen LogP contribution in [0.25, 0.3) is 0 Å². The summed E-state index contributed by atoms with van der Waals surface area (Å²) >= 11 is 3.36. The molecule has 0 aliphatic heterocycles. The van der Waals surface area contributed by atoms with E-state index in [-0.39, 0.29) is 11.9 Å². The lowest BCUT2D eigenvalue weighted by Gasteiger charge is -2.26. The van der Waals surface area contributed by atoms with E-state index in [0.717, 1.165) is 22.9 Å². The molecule has 0 spiro atoms. The van der Waals surface area contributed by atoms with Gasteiger partial charge in [0.25, 0.3) is 0 Å². The smallest absolute Gasteiger partial charge is 0.220 e. The number of aliphatic hydroxyl groups excluding tert-OH is 1. The maximum Gasteiger partial charge on any atom is 0.220 e. The van der Waals surface area contributed by atoms with Crippen LogP contribution >= 0.6 is 15.9 Å². The largest absolute Gasteiger partial charge is 0.386 e. The zero-order chi connectivity index (χ0) is 13.8. The molecule has 2 unspecified atom stereocenters. The van der Waals surface area contributed by atoms with Crippen molar-refractivity contribution in [2.24, 2.45) is 5.92 Å². The lowest BCUT2D eigenvalue weighted by atomic mass is 9.83. The monoisotopic (exact) mass is 325 g/mol. The Hall–Kier alpha value is -0.870. The van der Waals surface area contributed by atoms with Crippen LogP contribution in [-0.4, -0.2) is 17.1 Å². The van der Waals surface area contributed by atoms with Crippen LogP contribution < -0.4 is 5.32 Å². The number of carbonyl (C=O) groups is 1. The van der Waals surface area contributed by atoms with E-state index >= 15 is 0 Å². The van der Waals surface area contributed by atoms with Crippen LogP contribution in [0.2, 0.25) is 0 Å². The molecule has 1 aliphatic rings. The number of hydrogen-bond acceptors (Lipinski definition) is 2. The number of rotatable bonds is 5. The summed E-state index contributed by atoms with van der Waals surface area (Å²) in [5.74, 6) is 0.602. The van der Waals surface area contributed by atoms with Crippen LogP contribution in [-0.2, 0) is 4.79 Å². The number of aliphatic hydroxyl groups is 1. The third-order valence-electron chi connectivity index (χ3n) is 3.77. The van der Waals surface area contributed by atoms with Crippen molar-refractivity contribution in [3.05, 3.63) is 34.3 Å². The highest BCUT2D eigenvalue weighted by atomic mass is 79.9. The Labute approximate surface area is 122 Å². The molecule has 1 fully saturated rings. The maximum atomic E-state index is 11.8. The van der Waals surface area contributed by atoms with Gasteiger partial charge in [0.1, 0.15) is 0 Å². The molecule has 0 saturated heterocycles. The zero-order valence-corrected chi connectivity index (χ0v) is 12.7. The van der Waals surface area contributed by atoms with Crippen molar-refractivity contribution in [1.82, 2.24) is 5.32 Å². The average molecular weight is 326 g/mol. The second kappa shape index (κ2) is 6.53. The van der Waals surface area contributed by atoms with Gasteiger partial charge in [-0.05, 0) is 43.4 Å². The van der Waals surface area contributed by atoms with Crippen molar-refractivity contribution in [1.29, 1.82) is 0 Å². The van der Waals surface area contributed by atoms with Gasteiger partial charge in [0.15, 0.2) is 0 Å². The summed E-state index contributed by atoms with van der Waals surface area (Å²) in [6, 6.07) is 7.24. The quantitative estimate of drug-likeness (QED) is 0.873. The molecule has 0 heterocycles. The van der Waals surface area contributed by atoms with E-state index in [1.54, 1.807) is 0 Å². The molecule has 2 rings (SSSR count). The zero-order valence-electron chi connectivity index (χ0n) is 11.1. The van der Waals surface area contributed by atoms with Crippen LogP contribution in [0, 0.1) is 5.92 Å². The Morgan fingerprint density at radius 1 is 1.42 bits per heavy atom. The SMILES string of the molecule is CC(NC(=O)CC1CCC1)C(O)c1ccc(Br)cc1. The van der Waals surface area contributed by atoms with Gasteiger partial charge in [-0.3, -0.25) is 4.79 Å². The highest BCUT2D eigenvalue weighted by Crippen LogP contribution is 2.29. The summed E-state index contributed by atoms with van der Waals surface area (Å²) < 4.78 is 0.977. The number of halogens is 1. The van der Waals surface area contributed by atoms with E-state index < -0.39 is 6.10 Å². The first-order valence-electron chi connectivity index (χ1n) is 6.79. The molecule has 1 aromatic rings. The van der Waals surface area contributed by atoms with E-state index in [1.165, 1.54) is 6.42 Å². The van der Waals surface area contributed by atoms with Crippen molar-refractivity contribution >= 4 is 21.8 Å². The van der Waals surface area contributed by atoms with Gasteiger partial charge >= 0.3 is 0 Å². The van der Waals surface area contributed by atoms with Crippen molar-refractivity contribution in [3.8, 4) is 0 Å². The summed E-state index contributed by atoms with van der Waals surface area (Å²) in [5, 5.41) is 13.1. The Balaban J connectivity index is 1.85. The summed E-state index contributed by atoms with van der Waals surface area (Å²) in [7, 11) is 0. The molecule has 1 amide bonds. The number of benzene rings is 1.